The van der Waals surface area contributed by atoms with E-state index in [1.807, 2.05) is 0 Å². The minimum absolute atomic E-state index is 0.181. The Morgan fingerprint density at radius 2 is 1.21 bits per heavy atom. The Hall–Kier alpha value is -0.0951. The van der Waals surface area contributed by atoms with Crippen LogP contribution in [-0.2, 0) is 14.0 Å². The zero-order valence-corrected chi connectivity index (χ0v) is 9.10. The van der Waals surface area contributed by atoms with Crippen LogP contribution in [0.15, 0.2) is 0 Å². The maximum Gasteiger partial charge on any atom is 0.640 e. The predicted octanol–water partition coefficient (Wildman–Crippen LogP) is 0.516. The molecule has 0 spiro atoms. The summed E-state index contributed by atoms with van der Waals surface area (Å²) in [5.41, 5.74) is 0. The van der Waals surface area contributed by atoms with Gasteiger partial charge in [0.1, 0.15) is 0 Å². The van der Waals surface area contributed by atoms with Crippen molar-refractivity contribution >= 4 is 7.32 Å². The van der Waals surface area contributed by atoms with Gasteiger partial charge in [0.2, 0.25) is 0 Å². The fourth-order valence-corrected chi connectivity index (χ4v) is 2.11. The molecule has 2 bridgehead atoms. The number of fused-ring (bicyclic) bond motifs is 6. The molecule has 3 fully saturated rings. The van der Waals surface area contributed by atoms with Crippen molar-refractivity contribution in [1.82, 2.24) is 4.90 Å². The molecule has 0 aromatic carbocycles. The minimum Gasteiger partial charge on any atom is -0.382 e. The maximum absolute atomic E-state index is 5.62. The highest BCUT2D eigenvalue weighted by Gasteiger charge is 2.36. The van der Waals surface area contributed by atoms with E-state index < -0.39 is 7.32 Å². The second-order valence-electron chi connectivity index (χ2n) is 4.35. The molecule has 0 aliphatic carbocycles. The first-order chi connectivity index (χ1) is 6.63. The molecule has 4 nitrogen and oxygen atoms in total. The summed E-state index contributed by atoms with van der Waals surface area (Å²) in [6.07, 6.45) is 0.542. The van der Waals surface area contributed by atoms with Gasteiger partial charge in [-0.2, -0.15) is 0 Å². The summed E-state index contributed by atoms with van der Waals surface area (Å²) in [5, 5.41) is 0. The third-order valence-corrected chi connectivity index (χ3v) is 2.58. The van der Waals surface area contributed by atoms with Gasteiger partial charge in [-0.3, -0.25) is 4.90 Å². The van der Waals surface area contributed by atoms with E-state index in [0.29, 0.717) is 0 Å². The normalized spacial score (nSPS) is 44.4. The van der Waals surface area contributed by atoms with Gasteiger partial charge in [-0.1, -0.05) is 0 Å². The largest absolute Gasteiger partial charge is 0.640 e. The van der Waals surface area contributed by atoms with Crippen LogP contribution in [0.1, 0.15) is 20.8 Å². The first kappa shape index (κ1) is 10.4. The summed E-state index contributed by atoms with van der Waals surface area (Å²) < 4.78 is 16.9. The molecule has 14 heavy (non-hydrogen) atoms. The molecule has 0 saturated carbocycles. The Balaban J connectivity index is 2.10. The predicted molar refractivity (Wildman–Crippen MR) is 53.8 cm³/mol. The van der Waals surface area contributed by atoms with E-state index in [-0.39, 0.29) is 18.3 Å². The van der Waals surface area contributed by atoms with Gasteiger partial charge in [0.15, 0.2) is 0 Å². The number of hydrogen-bond donors (Lipinski definition) is 0. The van der Waals surface area contributed by atoms with Gasteiger partial charge in [0, 0.05) is 19.6 Å². The van der Waals surface area contributed by atoms with Crippen LogP contribution < -0.4 is 0 Å². The lowest BCUT2D eigenvalue weighted by Gasteiger charge is -2.38. The first-order valence-corrected chi connectivity index (χ1v) is 5.32. The number of nitrogens with zero attached hydrogens (tertiary/aromatic N) is 1. The third-order valence-electron chi connectivity index (χ3n) is 2.58. The SMILES string of the molecule is C[C@@H]1CN2C[C@@H](C)OB(O1)O[C@H](C)C2. The summed E-state index contributed by atoms with van der Waals surface area (Å²) in [6, 6.07) is 0. The molecule has 3 aliphatic heterocycles. The van der Waals surface area contributed by atoms with Crippen LogP contribution >= 0.6 is 0 Å². The zero-order chi connectivity index (χ0) is 10.1. The van der Waals surface area contributed by atoms with Crippen LogP contribution in [0.3, 0.4) is 0 Å². The van der Waals surface area contributed by atoms with E-state index in [9.17, 15) is 0 Å². The van der Waals surface area contributed by atoms with Gasteiger partial charge in [0.05, 0.1) is 18.3 Å². The van der Waals surface area contributed by atoms with Gasteiger partial charge in [-0.15, -0.1) is 0 Å². The van der Waals surface area contributed by atoms with Crippen LogP contribution in [0.4, 0.5) is 0 Å². The van der Waals surface area contributed by atoms with Crippen molar-refractivity contribution in [2.45, 2.75) is 39.1 Å². The summed E-state index contributed by atoms with van der Waals surface area (Å²) in [7, 11) is -0.475. The first-order valence-electron chi connectivity index (χ1n) is 5.32. The van der Waals surface area contributed by atoms with Gasteiger partial charge in [0.25, 0.3) is 0 Å². The summed E-state index contributed by atoms with van der Waals surface area (Å²) in [5.74, 6) is 0. The van der Waals surface area contributed by atoms with Crippen LogP contribution in [0.25, 0.3) is 0 Å². The Morgan fingerprint density at radius 3 is 1.57 bits per heavy atom. The second-order valence-corrected chi connectivity index (χ2v) is 4.35. The van der Waals surface area contributed by atoms with Crippen LogP contribution in [0.2, 0.25) is 0 Å². The second kappa shape index (κ2) is 4.19. The molecule has 3 atom stereocenters. The molecule has 0 radical (unpaired) electrons. The molecule has 3 heterocycles. The monoisotopic (exact) mass is 199 g/mol. The molecule has 3 rings (SSSR count). The van der Waals surface area contributed by atoms with Crippen molar-refractivity contribution in [3.63, 3.8) is 0 Å². The van der Waals surface area contributed by atoms with E-state index in [0.717, 1.165) is 19.6 Å². The third kappa shape index (κ3) is 2.48. The van der Waals surface area contributed by atoms with Gasteiger partial charge >= 0.3 is 7.32 Å². The molecule has 3 saturated heterocycles. The molecular formula is C9H18BNO3. The molecule has 80 valence electrons. The Bertz CT molecular complexity index is 153. The van der Waals surface area contributed by atoms with E-state index in [4.69, 9.17) is 14.0 Å². The van der Waals surface area contributed by atoms with Crippen LogP contribution in [-0.4, -0.2) is 50.2 Å². The molecule has 0 aromatic heterocycles. The lowest BCUT2D eigenvalue weighted by Crippen LogP contribution is -2.53. The van der Waals surface area contributed by atoms with Crippen LogP contribution in [0, 0.1) is 0 Å². The summed E-state index contributed by atoms with van der Waals surface area (Å²) in [6.45, 7) is 9.07. The average molecular weight is 199 g/mol. The van der Waals surface area contributed by atoms with Crippen molar-refractivity contribution in [3.05, 3.63) is 0 Å². The summed E-state index contributed by atoms with van der Waals surface area (Å²) >= 11 is 0. The Labute approximate surface area is 85.7 Å². The van der Waals surface area contributed by atoms with E-state index in [2.05, 4.69) is 25.7 Å². The molecule has 0 amide bonds. The molecular weight excluding hydrogens is 181 g/mol. The Morgan fingerprint density at radius 1 is 0.857 bits per heavy atom. The molecule has 3 aliphatic rings. The quantitative estimate of drug-likeness (QED) is 0.532. The number of hydrogen-bond acceptors (Lipinski definition) is 4. The maximum atomic E-state index is 5.62. The highest BCUT2D eigenvalue weighted by atomic mass is 16.7. The van der Waals surface area contributed by atoms with Gasteiger partial charge in [-0.25, -0.2) is 0 Å². The smallest absolute Gasteiger partial charge is 0.382 e. The van der Waals surface area contributed by atoms with Crippen molar-refractivity contribution in [3.8, 4) is 0 Å². The van der Waals surface area contributed by atoms with Gasteiger partial charge < -0.3 is 14.0 Å². The van der Waals surface area contributed by atoms with E-state index in [1.54, 1.807) is 0 Å². The van der Waals surface area contributed by atoms with Gasteiger partial charge in [-0.05, 0) is 20.8 Å². The molecule has 0 N–H and O–H groups in total. The van der Waals surface area contributed by atoms with Crippen molar-refractivity contribution in [2.75, 3.05) is 19.6 Å². The molecule has 5 heteroatoms. The average Bonchev–Trinajstić information content (AvgIpc) is 1.96. The minimum atomic E-state index is -0.475. The van der Waals surface area contributed by atoms with E-state index >= 15 is 0 Å². The van der Waals surface area contributed by atoms with Crippen molar-refractivity contribution < 1.29 is 14.0 Å². The standard InChI is InChI=1S/C9H18BNO3/c1-7-4-11-5-8(2)13-10(12-7)14-9(3)6-11/h7-9H,4-6H2,1-3H3/t7-,8-,9-/m1/s1. The molecule has 0 unspecified atom stereocenters. The fraction of sp³-hybridized carbons (Fsp3) is 1.00. The van der Waals surface area contributed by atoms with Crippen LogP contribution in [0.5, 0.6) is 0 Å². The molecule has 0 aromatic rings. The highest BCUT2D eigenvalue weighted by molar-refractivity contribution is 6.36. The lowest BCUT2D eigenvalue weighted by molar-refractivity contribution is -0.0583. The Kier molecular flexibility index (Phi) is 3.12. The zero-order valence-electron chi connectivity index (χ0n) is 9.10. The summed E-state index contributed by atoms with van der Waals surface area (Å²) in [4.78, 5) is 2.34. The van der Waals surface area contributed by atoms with Crippen molar-refractivity contribution in [1.29, 1.82) is 0 Å². The fourth-order valence-electron chi connectivity index (χ4n) is 2.11. The highest BCUT2D eigenvalue weighted by Crippen LogP contribution is 2.16. The lowest BCUT2D eigenvalue weighted by atomic mass is 10.1. The van der Waals surface area contributed by atoms with Crippen molar-refractivity contribution in [2.24, 2.45) is 0 Å². The number of rotatable bonds is 0. The van der Waals surface area contributed by atoms with E-state index in [1.165, 1.54) is 0 Å². The topological polar surface area (TPSA) is 30.9 Å².